The third-order valence-electron chi connectivity index (χ3n) is 5.05. The highest BCUT2D eigenvalue weighted by molar-refractivity contribution is 5.85. The number of nitrogens with zero attached hydrogens (tertiary/aromatic N) is 1. The zero-order valence-electron chi connectivity index (χ0n) is 12.9. The van der Waals surface area contributed by atoms with E-state index in [1.54, 1.807) is 0 Å². The molecule has 2 aliphatic rings. The van der Waals surface area contributed by atoms with Crippen molar-refractivity contribution in [3.05, 3.63) is 0 Å². The molecule has 1 unspecified atom stereocenters. The second-order valence-corrected chi connectivity index (χ2v) is 6.74. The molecule has 1 aliphatic carbocycles. The van der Waals surface area contributed by atoms with Gasteiger partial charge >= 0.3 is 5.92 Å². The van der Waals surface area contributed by atoms with Gasteiger partial charge in [-0.15, -0.1) is 0 Å². The van der Waals surface area contributed by atoms with Crippen molar-refractivity contribution in [2.75, 3.05) is 19.6 Å². The van der Waals surface area contributed by atoms with E-state index in [9.17, 15) is 18.7 Å². The minimum atomic E-state index is -3.69. The molecular formula is C15H26F2N2O2. The lowest BCUT2D eigenvalue weighted by atomic mass is 9.75. The summed E-state index contributed by atoms with van der Waals surface area (Å²) in [6.07, 6.45) is 2.74. The Labute approximate surface area is 124 Å². The molecule has 2 N–H and O–H groups in total. The number of rotatable bonds is 5. The van der Waals surface area contributed by atoms with Crippen LogP contribution in [0.3, 0.4) is 0 Å². The van der Waals surface area contributed by atoms with E-state index >= 15 is 0 Å². The summed E-state index contributed by atoms with van der Waals surface area (Å²) in [5.41, 5.74) is -2.14. The Morgan fingerprint density at radius 2 is 2.00 bits per heavy atom. The van der Waals surface area contributed by atoms with Crippen LogP contribution in [0.4, 0.5) is 8.78 Å². The molecule has 0 bridgehead atoms. The lowest BCUT2D eigenvalue weighted by molar-refractivity contribution is -0.216. The van der Waals surface area contributed by atoms with Crippen LogP contribution in [0.1, 0.15) is 46.0 Å². The first-order valence-electron chi connectivity index (χ1n) is 7.89. The highest BCUT2D eigenvalue weighted by Gasteiger charge is 2.61. The van der Waals surface area contributed by atoms with Gasteiger partial charge in [-0.3, -0.25) is 9.69 Å². The SMILES string of the molecule is CC1CCN(C(C)CNC(=O)C(F)(F)C2(O)CCC2)CC1. The van der Waals surface area contributed by atoms with Gasteiger partial charge in [0, 0.05) is 12.6 Å². The number of piperidine rings is 1. The molecule has 1 atom stereocenters. The number of alkyl halides is 2. The van der Waals surface area contributed by atoms with Crippen molar-refractivity contribution in [1.82, 2.24) is 10.2 Å². The molecule has 0 aromatic heterocycles. The van der Waals surface area contributed by atoms with Crippen molar-refractivity contribution in [2.45, 2.75) is 63.5 Å². The zero-order valence-corrected chi connectivity index (χ0v) is 12.9. The third kappa shape index (κ3) is 3.37. The minimum absolute atomic E-state index is 0.00696. The molecule has 2 fully saturated rings. The Morgan fingerprint density at radius 3 is 2.48 bits per heavy atom. The average molecular weight is 304 g/mol. The van der Waals surface area contributed by atoms with E-state index < -0.39 is 17.4 Å². The first-order chi connectivity index (χ1) is 9.76. The number of halogens is 2. The Morgan fingerprint density at radius 1 is 1.43 bits per heavy atom. The Balaban J connectivity index is 1.80. The molecule has 0 aromatic rings. The van der Waals surface area contributed by atoms with Crippen LogP contribution in [0, 0.1) is 5.92 Å². The van der Waals surface area contributed by atoms with Crippen LogP contribution >= 0.6 is 0 Å². The number of hydrogen-bond donors (Lipinski definition) is 2. The first kappa shape index (κ1) is 16.6. The normalized spacial score (nSPS) is 25.2. The van der Waals surface area contributed by atoms with E-state index in [2.05, 4.69) is 17.1 Å². The van der Waals surface area contributed by atoms with E-state index in [0.717, 1.165) is 25.9 Å². The van der Waals surface area contributed by atoms with Gasteiger partial charge in [-0.2, -0.15) is 8.78 Å². The number of aliphatic hydroxyl groups is 1. The number of likely N-dealkylation sites (tertiary alicyclic amines) is 1. The summed E-state index contributed by atoms with van der Waals surface area (Å²) in [6, 6.07) is 0.0354. The third-order valence-corrected chi connectivity index (χ3v) is 5.05. The molecule has 1 saturated carbocycles. The lowest BCUT2D eigenvalue weighted by Crippen LogP contribution is -2.61. The van der Waals surface area contributed by atoms with Gasteiger partial charge in [-0.1, -0.05) is 6.92 Å². The molecule has 0 spiro atoms. The topological polar surface area (TPSA) is 52.6 Å². The van der Waals surface area contributed by atoms with Gasteiger partial charge in [0.1, 0.15) is 5.60 Å². The maximum absolute atomic E-state index is 13.9. The summed E-state index contributed by atoms with van der Waals surface area (Å²) in [7, 11) is 0. The van der Waals surface area contributed by atoms with Crippen LogP contribution in [0.15, 0.2) is 0 Å². The fourth-order valence-electron chi connectivity index (χ4n) is 2.99. The summed E-state index contributed by atoms with van der Waals surface area (Å²) in [6.45, 7) is 6.23. The minimum Gasteiger partial charge on any atom is -0.383 e. The summed E-state index contributed by atoms with van der Waals surface area (Å²) in [4.78, 5) is 13.9. The maximum atomic E-state index is 13.9. The van der Waals surface area contributed by atoms with Crippen LogP contribution < -0.4 is 5.32 Å². The zero-order chi connectivity index (χ0) is 15.7. The fourth-order valence-corrected chi connectivity index (χ4v) is 2.99. The molecule has 1 heterocycles. The molecular weight excluding hydrogens is 278 g/mol. The van der Waals surface area contributed by atoms with Crippen molar-refractivity contribution >= 4 is 5.91 Å². The second kappa shape index (κ2) is 6.16. The lowest BCUT2D eigenvalue weighted by Gasteiger charge is -2.41. The highest BCUT2D eigenvalue weighted by Crippen LogP contribution is 2.44. The molecule has 0 aromatic carbocycles. The van der Waals surface area contributed by atoms with E-state index in [0.29, 0.717) is 12.3 Å². The Bertz CT molecular complexity index is 378. The number of hydrogen-bond acceptors (Lipinski definition) is 3. The molecule has 1 saturated heterocycles. The monoisotopic (exact) mass is 304 g/mol. The van der Waals surface area contributed by atoms with Gasteiger partial charge in [0.25, 0.3) is 5.91 Å². The fraction of sp³-hybridized carbons (Fsp3) is 0.933. The largest absolute Gasteiger partial charge is 0.383 e. The Kier molecular flexibility index (Phi) is 4.88. The average Bonchev–Trinajstić information content (AvgIpc) is 2.42. The molecule has 6 heteroatoms. The van der Waals surface area contributed by atoms with Crippen LogP contribution in [0.25, 0.3) is 0 Å². The molecule has 1 amide bonds. The quantitative estimate of drug-likeness (QED) is 0.814. The number of nitrogens with one attached hydrogen (secondary N) is 1. The first-order valence-corrected chi connectivity index (χ1v) is 7.89. The van der Waals surface area contributed by atoms with E-state index in [1.807, 2.05) is 6.92 Å². The summed E-state index contributed by atoms with van der Waals surface area (Å²) < 4.78 is 27.8. The summed E-state index contributed by atoms with van der Waals surface area (Å²) in [5.74, 6) is -4.33. The van der Waals surface area contributed by atoms with Gasteiger partial charge < -0.3 is 10.4 Å². The molecule has 2 rings (SSSR count). The van der Waals surface area contributed by atoms with Gasteiger partial charge in [-0.05, 0) is 58.0 Å². The Hall–Kier alpha value is -0.750. The van der Waals surface area contributed by atoms with Crippen molar-refractivity contribution in [2.24, 2.45) is 5.92 Å². The van der Waals surface area contributed by atoms with Crippen molar-refractivity contribution in [1.29, 1.82) is 0 Å². The van der Waals surface area contributed by atoms with Crippen LogP contribution in [-0.4, -0.2) is 53.1 Å². The predicted molar refractivity (Wildman–Crippen MR) is 76.2 cm³/mol. The molecule has 4 nitrogen and oxygen atoms in total. The van der Waals surface area contributed by atoms with Crippen LogP contribution in [-0.2, 0) is 4.79 Å². The van der Waals surface area contributed by atoms with Crippen LogP contribution in [0.5, 0.6) is 0 Å². The molecule has 1 aliphatic heterocycles. The number of carbonyl (C=O) groups excluding carboxylic acids is 1. The van der Waals surface area contributed by atoms with Gasteiger partial charge in [0.2, 0.25) is 0 Å². The molecule has 21 heavy (non-hydrogen) atoms. The van der Waals surface area contributed by atoms with Crippen molar-refractivity contribution < 1.29 is 18.7 Å². The smallest absolute Gasteiger partial charge is 0.352 e. The van der Waals surface area contributed by atoms with E-state index in [1.165, 1.54) is 0 Å². The number of carbonyl (C=O) groups is 1. The maximum Gasteiger partial charge on any atom is 0.352 e. The molecule has 0 radical (unpaired) electrons. The number of amides is 1. The van der Waals surface area contributed by atoms with Crippen molar-refractivity contribution in [3.63, 3.8) is 0 Å². The van der Waals surface area contributed by atoms with Crippen molar-refractivity contribution in [3.8, 4) is 0 Å². The predicted octanol–water partition coefficient (Wildman–Crippen LogP) is 1.77. The second-order valence-electron chi connectivity index (χ2n) is 6.74. The highest BCUT2D eigenvalue weighted by atomic mass is 19.3. The summed E-state index contributed by atoms with van der Waals surface area (Å²) in [5, 5.41) is 12.0. The van der Waals surface area contributed by atoms with Gasteiger partial charge in [0.05, 0.1) is 0 Å². The van der Waals surface area contributed by atoms with E-state index in [-0.39, 0.29) is 25.4 Å². The summed E-state index contributed by atoms with van der Waals surface area (Å²) >= 11 is 0. The van der Waals surface area contributed by atoms with Gasteiger partial charge in [0.15, 0.2) is 0 Å². The van der Waals surface area contributed by atoms with E-state index in [4.69, 9.17) is 0 Å². The van der Waals surface area contributed by atoms with Gasteiger partial charge in [-0.25, -0.2) is 0 Å². The van der Waals surface area contributed by atoms with Crippen LogP contribution in [0.2, 0.25) is 0 Å². The standard InChI is InChI=1S/C15H26F2N2O2/c1-11-4-8-19(9-5-11)12(2)10-18-13(20)15(16,17)14(21)6-3-7-14/h11-12,21H,3-10H2,1-2H3,(H,18,20). The molecule has 122 valence electrons.